The van der Waals surface area contributed by atoms with Crippen LogP contribution in [-0.2, 0) is 4.79 Å². The molecule has 2 aromatic heterocycles. The average molecular weight is 408 g/mol. The Hall–Kier alpha value is -2.04. The van der Waals surface area contributed by atoms with E-state index in [9.17, 15) is 4.79 Å². The number of nitrogens with one attached hydrogen (secondary N) is 1. The van der Waals surface area contributed by atoms with Crippen LogP contribution < -0.4 is 10.1 Å². The normalized spacial score (nSPS) is 10.7. The molecule has 0 bridgehead atoms. The number of hydrogen-bond acceptors (Lipinski definition) is 8. The minimum atomic E-state index is -0.136. The van der Waals surface area contributed by atoms with Gasteiger partial charge in [-0.2, -0.15) is 0 Å². The number of rotatable bonds is 8. The smallest absolute Gasteiger partial charge is 0.236 e. The van der Waals surface area contributed by atoms with E-state index < -0.39 is 0 Å². The molecule has 2 heterocycles. The third kappa shape index (κ3) is 4.77. The van der Waals surface area contributed by atoms with E-state index in [0.717, 1.165) is 26.7 Å². The van der Waals surface area contributed by atoms with Crippen LogP contribution in [-0.4, -0.2) is 44.3 Å². The van der Waals surface area contributed by atoms with Crippen LogP contribution in [0, 0.1) is 0 Å². The Morgan fingerprint density at radius 2 is 2.08 bits per heavy atom. The van der Waals surface area contributed by atoms with Crippen molar-refractivity contribution in [2.45, 2.75) is 16.4 Å². The fraction of sp³-hybridized carbons (Fsp3) is 0.250. The Morgan fingerprint density at radius 3 is 2.81 bits per heavy atom. The average Bonchev–Trinajstić information content (AvgIpc) is 3.30. The van der Waals surface area contributed by atoms with Gasteiger partial charge in [0.1, 0.15) is 5.75 Å². The van der Waals surface area contributed by atoms with Crippen LogP contribution in [0.1, 0.15) is 6.92 Å². The fourth-order valence-corrected chi connectivity index (χ4v) is 4.50. The van der Waals surface area contributed by atoms with Crippen LogP contribution >= 0.6 is 34.9 Å². The highest BCUT2D eigenvalue weighted by atomic mass is 32.2. The molecule has 0 unspecified atom stereocenters. The van der Waals surface area contributed by atoms with E-state index in [1.807, 2.05) is 42.0 Å². The van der Waals surface area contributed by atoms with E-state index in [1.165, 1.54) is 23.1 Å². The van der Waals surface area contributed by atoms with Gasteiger partial charge in [-0.25, -0.2) is 4.98 Å². The molecular formula is C16H17N5O2S3. The van der Waals surface area contributed by atoms with Crippen LogP contribution in [0.15, 0.2) is 46.2 Å². The number of aromatic nitrogens is 4. The monoisotopic (exact) mass is 407 g/mol. The van der Waals surface area contributed by atoms with Gasteiger partial charge in [0.15, 0.2) is 9.50 Å². The first-order chi connectivity index (χ1) is 12.7. The molecule has 0 spiro atoms. The fourth-order valence-electron chi connectivity index (χ4n) is 2.06. The molecule has 0 aliphatic carbocycles. The number of thioether (sulfide) groups is 2. The molecule has 136 valence electrons. The second-order valence-corrected chi connectivity index (χ2v) is 8.35. The molecule has 0 aliphatic heterocycles. The Bertz CT molecular complexity index is 863. The number of anilines is 1. The molecule has 10 heteroatoms. The number of nitrogens with zero attached hydrogens (tertiary/aromatic N) is 4. The van der Waals surface area contributed by atoms with Crippen LogP contribution in [0.25, 0.3) is 5.69 Å². The predicted octanol–water partition coefficient (Wildman–Crippen LogP) is 3.58. The van der Waals surface area contributed by atoms with Crippen molar-refractivity contribution >= 4 is 45.9 Å². The van der Waals surface area contributed by atoms with Gasteiger partial charge in [0.2, 0.25) is 11.0 Å². The third-order valence-electron chi connectivity index (χ3n) is 3.21. The molecule has 0 atom stereocenters. The molecular weight excluding hydrogens is 390 g/mol. The van der Waals surface area contributed by atoms with Crippen LogP contribution in [0.4, 0.5) is 5.13 Å². The first kappa shape index (κ1) is 18.7. The maximum Gasteiger partial charge on any atom is 0.236 e. The molecule has 3 aromatic rings. The van der Waals surface area contributed by atoms with Gasteiger partial charge < -0.3 is 4.74 Å². The van der Waals surface area contributed by atoms with Crippen molar-refractivity contribution < 1.29 is 9.53 Å². The summed E-state index contributed by atoms with van der Waals surface area (Å²) in [5.74, 6) is 1.82. The number of hydrogen-bond donors (Lipinski definition) is 1. The van der Waals surface area contributed by atoms with Gasteiger partial charge in [-0.15, -0.1) is 10.2 Å². The van der Waals surface area contributed by atoms with Gasteiger partial charge >= 0.3 is 0 Å². The summed E-state index contributed by atoms with van der Waals surface area (Å²) in [5, 5.41) is 12.0. The topological polar surface area (TPSA) is 81.9 Å². The molecule has 7 nitrogen and oxygen atoms in total. The van der Waals surface area contributed by atoms with Gasteiger partial charge in [0.25, 0.3) is 0 Å². The first-order valence-corrected chi connectivity index (χ1v) is 10.5. The van der Waals surface area contributed by atoms with Crippen molar-refractivity contribution in [1.29, 1.82) is 0 Å². The highest BCUT2D eigenvalue weighted by Crippen LogP contribution is 2.26. The highest BCUT2D eigenvalue weighted by Gasteiger charge is 2.12. The van der Waals surface area contributed by atoms with E-state index in [4.69, 9.17) is 4.74 Å². The number of amides is 1. The van der Waals surface area contributed by atoms with E-state index >= 15 is 0 Å². The Kier molecular flexibility index (Phi) is 6.53. The summed E-state index contributed by atoms with van der Waals surface area (Å²) in [5.41, 5.74) is 0.955. The van der Waals surface area contributed by atoms with E-state index in [0.29, 0.717) is 5.13 Å². The summed E-state index contributed by atoms with van der Waals surface area (Å²) in [4.78, 5) is 16.5. The summed E-state index contributed by atoms with van der Waals surface area (Å²) in [7, 11) is 1.63. The van der Waals surface area contributed by atoms with Crippen LogP contribution in [0.2, 0.25) is 0 Å². The number of carbonyl (C=O) groups is 1. The summed E-state index contributed by atoms with van der Waals surface area (Å²) in [6.07, 6.45) is 3.57. The standard InChI is InChI=1S/C16H17N5O2S3/c1-3-24-16-20-19-14(26-16)18-13(22)10-25-15-17-8-9-21(15)11-4-6-12(23-2)7-5-11/h4-9H,3,10H2,1-2H3,(H,18,19,22). The lowest BCUT2D eigenvalue weighted by Gasteiger charge is -2.08. The lowest BCUT2D eigenvalue weighted by atomic mass is 10.3. The minimum Gasteiger partial charge on any atom is -0.497 e. The van der Waals surface area contributed by atoms with Crippen molar-refractivity contribution in [3.63, 3.8) is 0 Å². The molecule has 1 N–H and O–H groups in total. The van der Waals surface area contributed by atoms with Crippen molar-refractivity contribution in [2.75, 3.05) is 23.9 Å². The van der Waals surface area contributed by atoms with E-state index in [2.05, 4.69) is 20.5 Å². The number of benzene rings is 1. The van der Waals surface area contributed by atoms with E-state index in [-0.39, 0.29) is 11.7 Å². The highest BCUT2D eigenvalue weighted by molar-refractivity contribution is 8.01. The zero-order chi connectivity index (χ0) is 18.4. The molecule has 1 aromatic carbocycles. The Morgan fingerprint density at radius 1 is 1.27 bits per heavy atom. The van der Waals surface area contributed by atoms with Gasteiger partial charge in [-0.3, -0.25) is 14.7 Å². The zero-order valence-corrected chi connectivity index (χ0v) is 16.7. The van der Waals surface area contributed by atoms with Gasteiger partial charge in [-0.05, 0) is 30.0 Å². The molecule has 0 saturated carbocycles. The van der Waals surface area contributed by atoms with Gasteiger partial charge in [0.05, 0.1) is 12.9 Å². The number of imidazole rings is 1. The quantitative estimate of drug-likeness (QED) is 0.451. The molecule has 0 saturated heterocycles. The largest absolute Gasteiger partial charge is 0.497 e. The van der Waals surface area contributed by atoms with Gasteiger partial charge in [-0.1, -0.05) is 41.8 Å². The summed E-state index contributed by atoms with van der Waals surface area (Å²) in [6, 6.07) is 7.66. The third-order valence-corrected chi connectivity index (χ3v) is 6.03. The van der Waals surface area contributed by atoms with Crippen LogP contribution in [0.3, 0.4) is 0 Å². The molecule has 0 fully saturated rings. The first-order valence-electron chi connectivity index (χ1n) is 7.76. The number of methoxy groups -OCH3 is 1. The maximum absolute atomic E-state index is 12.2. The summed E-state index contributed by atoms with van der Waals surface area (Å²) in [6.45, 7) is 2.05. The second-order valence-electron chi connectivity index (χ2n) is 4.92. The van der Waals surface area contributed by atoms with Crippen LogP contribution in [0.5, 0.6) is 5.75 Å². The predicted molar refractivity (Wildman–Crippen MR) is 106 cm³/mol. The molecule has 0 radical (unpaired) electrons. The van der Waals surface area contributed by atoms with Crippen molar-refractivity contribution in [1.82, 2.24) is 19.7 Å². The SMILES string of the molecule is CCSc1nnc(NC(=O)CSc2nccn2-c2ccc(OC)cc2)s1. The van der Waals surface area contributed by atoms with E-state index in [1.54, 1.807) is 25.1 Å². The lowest BCUT2D eigenvalue weighted by Crippen LogP contribution is -2.14. The van der Waals surface area contributed by atoms with Gasteiger partial charge in [0, 0.05) is 18.1 Å². The number of carbonyl (C=O) groups excluding carboxylic acids is 1. The second kappa shape index (κ2) is 9.06. The maximum atomic E-state index is 12.2. The summed E-state index contributed by atoms with van der Waals surface area (Å²) >= 11 is 4.35. The minimum absolute atomic E-state index is 0.136. The summed E-state index contributed by atoms with van der Waals surface area (Å²) < 4.78 is 7.96. The molecule has 26 heavy (non-hydrogen) atoms. The molecule has 3 rings (SSSR count). The van der Waals surface area contributed by atoms with Crippen molar-refractivity contribution in [2.24, 2.45) is 0 Å². The molecule has 0 aliphatic rings. The Balaban J connectivity index is 1.59. The van der Waals surface area contributed by atoms with Crippen molar-refractivity contribution in [3.8, 4) is 11.4 Å². The zero-order valence-electron chi connectivity index (χ0n) is 14.2. The molecule has 1 amide bonds. The number of ether oxygens (including phenoxy) is 1. The van der Waals surface area contributed by atoms with Crippen molar-refractivity contribution in [3.05, 3.63) is 36.7 Å². The Labute approximate surface area is 163 Å². The lowest BCUT2D eigenvalue weighted by molar-refractivity contribution is -0.113.